The Kier molecular flexibility index (Phi) is 3.22. The van der Waals surface area contributed by atoms with Crippen LogP contribution in [0.4, 0.5) is 0 Å². The van der Waals surface area contributed by atoms with E-state index in [0.717, 1.165) is 19.4 Å². The van der Waals surface area contributed by atoms with E-state index in [0.29, 0.717) is 6.54 Å². The second kappa shape index (κ2) is 4.21. The third-order valence-corrected chi connectivity index (χ3v) is 2.12. The molecule has 0 aromatic rings. The highest BCUT2D eigenvalue weighted by Gasteiger charge is 2.24. The summed E-state index contributed by atoms with van der Waals surface area (Å²) >= 11 is 0. The van der Waals surface area contributed by atoms with Crippen LogP contribution >= 0.6 is 0 Å². The molecule has 68 valence electrons. The van der Waals surface area contributed by atoms with E-state index in [1.54, 1.807) is 0 Å². The summed E-state index contributed by atoms with van der Waals surface area (Å²) < 4.78 is 4.28. The molecule has 0 aliphatic carbocycles. The van der Waals surface area contributed by atoms with Gasteiger partial charge in [-0.2, -0.15) is 0 Å². The van der Waals surface area contributed by atoms with E-state index in [2.05, 4.69) is 9.64 Å². The smallest absolute Gasteiger partial charge is 0.317 e. The molecular formula is C8H13NO3. The SMILES string of the molecule is CN1CCCC(C(=O)OC=O)C1. The van der Waals surface area contributed by atoms with Crippen LogP contribution in [0.15, 0.2) is 0 Å². The van der Waals surface area contributed by atoms with Crippen LogP contribution in [0.3, 0.4) is 0 Å². The van der Waals surface area contributed by atoms with Crippen molar-refractivity contribution < 1.29 is 14.3 Å². The first-order chi connectivity index (χ1) is 5.74. The lowest BCUT2D eigenvalue weighted by Gasteiger charge is -2.27. The Morgan fingerprint density at radius 2 is 2.42 bits per heavy atom. The Morgan fingerprint density at radius 1 is 1.67 bits per heavy atom. The van der Waals surface area contributed by atoms with Crippen molar-refractivity contribution in [1.29, 1.82) is 0 Å². The number of carbonyl (C=O) groups excluding carboxylic acids is 2. The molecule has 12 heavy (non-hydrogen) atoms. The molecule has 1 unspecified atom stereocenters. The predicted octanol–water partition coefficient (Wildman–Crippen LogP) is 0.0278. The Hall–Kier alpha value is -0.900. The van der Waals surface area contributed by atoms with E-state index in [9.17, 15) is 9.59 Å². The molecule has 0 N–H and O–H groups in total. The van der Waals surface area contributed by atoms with Crippen molar-refractivity contribution in [3.63, 3.8) is 0 Å². The van der Waals surface area contributed by atoms with Gasteiger partial charge in [-0.3, -0.25) is 9.59 Å². The maximum absolute atomic E-state index is 11.1. The Labute approximate surface area is 71.5 Å². The van der Waals surface area contributed by atoms with E-state index in [4.69, 9.17) is 0 Å². The lowest BCUT2D eigenvalue weighted by atomic mass is 9.99. The third kappa shape index (κ3) is 2.30. The summed E-state index contributed by atoms with van der Waals surface area (Å²) in [6, 6.07) is 0. The molecule has 4 heteroatoms. The van der Waals surface area contributed by atoms with Crippen LogP contribution < -0.4 is 0 Å². The van der Waals surface area contributed by atoms with Gasteiger partial charge in [-0.05, 0) is 26.4 Å². The van der Waals surface area contributed by atoms with Crippen LogP contribution in [0.25, 0.3) is 0 Å². The van der Waals surface area contributed by atoms with Gasteiger partial charge in [-0.1, -0.05) is 0 Å². The summed E-state index contributed by atoms with van der Waals surface area (Å²) in [5, 5.41) is 0. The number of nitrogens with zero attached hydrogens (tertiary/aromatic N) is 1. The van der Waals surface area contributed by atoms with Gasteiger partial charge in [-0.15, -0.1) is 0 Å². The minimum Gasteiger partial charge on any atom is -0.395 e. The van der Waals surface area contributed by atoms with E-state index < -0.39 is 5.97 Å². The number of rotatable bonds is 2. The number of ether oxygens (including phenoxy) is 1. The lowest BCUT2D eigenvalue weighted by molar-refractivity contribution is -0.156. The fourth-order valence-corrected chi connectivity index (χ4v) is 1.50. The number of hydrogen-bond acceptors (Lipinski definition) is 4. The average Bonchev–Trinajstić information content (AvgIpc) is 2.05. The van der Waals surface area contributed by atoms with Crippen LogP contribution in [-0.2, 0) is 14.3 Å². The third-order valence-electron chi connectivity index (χ3n) is 2.12. The maximum Gasteiger partial charge on any atom is 0.317 e. The molecule has 1 fully saturated rings. The molecule has 4 nitrogen and oxygen atoms in total. The molecule has 1 saturated heterocycles. The van der Waals surface area contributed by atoms with E-state index in [1.807, 2.05) is 7.05 Å². The van der Waals surface area contributed by atoms with Gasteiger partial charge in [0, 0.05) is 6.54 Å². The standard InChI is InChI=1S/C8H13NO3/c1-9-4-2-3-7(5-9)8(11)12-6-10/h6-7H,2-5H2,1H3. The van der Waals surface area contributed by atoms with Crippen LogP contribution in [0.1, 0.15) is 12.8 Å². The average molecular weight is 171 g/mol. The molecule has 0 radical (unpaired) electrons. The van der Waals surface area contributed by atoms with Crippen molar-refractivity contribution in [3.8, 4) is 0 Å². The second-order valence-corrected chi connectivity index (χ2v) is 3.13. The van der Waals surface area contributed by atoms with E-state index in [1.165, 1.54) is 0 Å². The van der Waals surface area contributed by atoms with Crippen molar-refractivity contribution in [3.05, 3.63) is 0 Å². The lowest BCUT2D eigenvalue weighted by Crippen LogP contribution is -2.36. The van der Waals surface area contributed by atoms with Crippen LogP contribution in [0.5, 0.6) is 0 Å². The van der Waals surface area contributed by atoms with Gasteiger partial charge in [0.05, 0.1) is 5.92 Å². The molecule has 0 amide bonds. The van der Waals surface area contributed by atoms with Crippen molar-refractivity contribution in [2.75, 3.05) is 20.1 Å². The molecule has 0 bridgehead atoms. The predicted molar refractivity (Wildman–Crippen MR) is 42.4 cm³/mol. The molecule has 1 atom stereocenters. The number of piperidine rings is 1. The molecule has 1 heterocycles. The molecule has 1 aliphatic rings. The van der Waals surface area contributed by atoms with Crippen molar-refractivity contribution in [2.24, 2.45) is 5.92 Å². The monoisotopic (exact) mass is 171 g/mol. The Bertz CT molecular complexity index is 181. The van der Waals surface area contributed by atoms with Gasteiger partial charge < -0.3 is 9.64 Å². The van der Waals surface area contributed by atoms with Crippen molar-refractivity contribution in [2.45, 2.75) is 12.8 Å². The fraction of sp³-hybridized carbons (Fsp3) is 0.750. The highest BCUT2D eigenvalue weighted by Crippen LogP contribution is 2.15. The highest BCUT2D eigenvalue weighted by molar-refractivity contribution is 5.78. The summed E-state index contributed by atoms with van der Waals surface area (Å²) in [4.78, 5) is 23.0. The summed E-state index contributed by atoms with van der Waals surface area (Å²) in [5.74, 6) is -0.509. The van der Waals surface area contributed by atoms with E-state index in [-0.39, 0.29) is 12.4 Å². The molecule has 1 aliphatic heterocycles. The van der Waals surface area contributed by atoms with Crippen molar-refractivity contribution in [1.82, 2.24) is 4.90 Å². The topological polar surface area (TPSA) is 46.6 Å². The number of likely N-dealkylation sites (tertiary alicyclic amines) is 1. The van der Waals surface area contributed by atoms with Gasteiger partial charge in [0.25, 0.3) is 0 Å². The zero-order valence-electron chi connectivity index (χ0n) is 7.16. The normalized spacial score (nSPS) is 24.9. The zero-order valence-corrected chi connectivity index (χ0v) is 7.16. The van der Waals surface area contributed by atoms with Crippen molar-refractivity contribution >= 4 is 12.4 Å². The first kappa shape index (κ1) is 9.19. The fourth-order valence-electron chi connectivity index (χ4n) is 1.50. The summed E-state index contributed by atoms with van der Waals surface area (Å²) in [6.07, 6.45) is 1.83. The van der Waals surface area contributed by atoms with Crippen LogP contribution in [0, 0.1) is 5.92 Å². The second-order valence-electron chi connectivity index (χ2n) is 3.13. The van der Waals surface area contributed by atoms with Gasteiger partial charge in [0.1, 0.15) is 0 Å². The first-order valence-corrected chi connectivity index (χ1v) is 4.06. The van der Waals surface area contributed by atoms with Crippen LogP contribution in [-0.4, -0.2) is 37.5 Å². The van der Waals surface area contributed by atoms with Gasteiger partial charge in [0.2, 0.25) is 0 Å². The Balaban J connectivity index is 2.39. The minimum atomic E-state index is -0.392. The molecule has 0 aromatic carbocycles. The minimum absolute atomic E-state index is 0.117. The molecule has 0 saturated carbocycles. The maximum atomic E-state index is 11.1. The number of esters is 1. The molecule has 0 aromatic heterocycles. The first-order valence-electron chi connectivity index (χ1n) is 4.06. The number of hydrogen-bond donors (Lipinski definition) is 0. The Morgan fingerprint density at radius 3 is 3.00 bits per heavy atom. The highest BCUT2D eigenvalue weighted by atomic mass is 16.6. The van der Waals surface area contributed by atoms with E-state index >= 15 is 0 Å². The van der Waals surface area contributed by atoms with Gasteiger partial charge in [-0.25, -0.2) is 0 Å². The molecule has 1 rings (SSSR count). The van der Waals surface area contributed by atoms with Gasteiger partial charge in [0.15, 0.2) is 0 Å². The summed E-state index contributed by atoms with van der Waals surface area (Å²) in [6.45, 7) is 1.93. The number of carbonyl (C=O) groups is 2. The summed E-state index contributed by atoms with van der Waals surface area (Å²) in [5.41, 5.74) is 0. The zero-order chi connectivity index (χ0) is 8.97. The summed E-state index contributed by atoms with van der Waals surface area (Å²) in [7, 11) is 1.96. The molecular weight excluding hydrogens is 158 g/mol. The quantitative estimate of drug-likeness (QED) is 0.334. The molecule has 0 spiro atoms. The van der Waals surface area contributed by atoms with Crippen LogP contribution in [0.2, 0.25) is 0 Å². The largest absolute Gasteiger partial charge is 0.395 e. The van der Waals surface area contributed by atoms with Gasteiger partial charge >= 0.3 is 12.4 Å².